The van der Waals surface area contributed by atoms with Crippen LogP contribution in [-0.2, 0) is 13.1 Å². The van der Waals surface area contributed by atoms with Crippen molar-refractivity contribution >= 4 is 5.91 Å². The Bertz CT molecular complexity index is 909. The Kier molecular flexibility index (Phi) is 5.31. The van der Waals surface area contributed by atoms with Crippen LogP contribution in [0.25, 0.3) is 0 Å². The summed E-state index contributed by atoms with van der Waals surface area (Å²) in [5, 5.41) is 0. The number of amides is 1. The Morgan fingerprint density at radius 2 is 1.89 bits per heavy atom. The van der Waals surface area contributed by atoms with Crippen molar-refractivity contribution in [3.63, 3.8) is 0 Å². The zero-order chi connectivity index (χ0) is 19.7. The molecule has 6 heteroatoms. The molecule has 0 radical (unpaired) electrons. The summed E-state index contributed by atoms with van der Waals surface area (Å²) in [5.41, 5.74) is 1.43. The van der Waals surface area contributed by atoms with E-state index in [1.165, 1.54) is 18.2 Å². The monoisotopic (exact) mass is 383 g/mol. The van der Waals surface area contributed by atoms with Crippen LogP contribution >= 0.6 is 0 Å². The highest BCUT2D eigenvalue weighted by molar-refractivity contribution is 5.94. The molecule has 2 bridgehead atoms. The van der Waals surface area contributed by atoms with Crippen molar-refractivity contribution in [1.29, 1.82) is 0 Å². The summed E-state index contributed by atoms with van der Waals surface area (Å²) in [6.45, 7) is 5.76. The van der Waals surface area contributed by atoms with Gasteiger partial charge in [0.2, 0.25) is 0 Å². The molecule has 148 valence electrons. The molecule has 5 rings (SSSR count). The van der Waals surface area contributed by atoms with Gasteiger partial charge >= 0.3 is 0 Å². The fourth-order valence-electron chi connectivity index (χ4n) is 4.47. The summed E-state index contributed by atoms with van der Waals surface area (Å²) in [6.07, 6.45) is 3.81. The number of halogens is 1. The van der Waals surface area contributed by atoms with Crippen LogP contribution in [-0.4, -0.2) is 46.0 Å². The molecule has 1 amide bonds. The summed E-state index contributed by atoms with van der Waals surface area (Å²) < 4.78 is 14.8. The molecule has 0 unspecified atom stereocenters. The average Bonchev–Trinajstić information content (AvgIpc) is 2.99. The topological polar surface area (TPSA) is 45.6 Å². The van der Waals surface area contributed by atoms with E-state index in [0.717, 1.165) is 44.6 Å². The Morgan fingerprint density at radius 1 is 1.11 bits per heavy atom. The number of piperidine rings is 1. The van der Waals surface area contributed by atoms with Gasteiger partial charge in [0, 0.05) is 56.6 Å². The predicted octanol–water partition coefficient (Wildman–Crippen LogP) is 2.74. The van der Waals surface area contributed by atoms with E-state index >= 15 is 0 Å². The van der Waals surface area contributed by atoms with Gasteiger partial charge in [0.25, 0.3) is 11.5 Å². The van der Waals surface area contributed by atoms with Gasteiger partial charge in [0.05, 0.1) is 0 Å². The third kappa shape index (κ3) is 3.87. The summed E-state index contributed by atoms with van der Waals surface area (Å²) in [6, 6.07) is 10.0. The second-order valence-corrected chi connectivity index (χ2v) is 7.91. The predicted molar refractivity (Wildman–Crippen MR) is 106 cm³/mol. The Labute approximate surface area is 164 Å². The number of hydrogen-bond donors (Lipinski definition) is 0. The lowest BCUT2D eigenvalue weighted by molar-refractivity contribution is 0.0584. The third-order valence-electron chi connectivity index (χ3n) is 5.95. The first-order valence-electron chi connectivity index (χ1n) is 10.0. The van der Waals surface area contributed by atoms with Crippen LogP contribution in [0.15, 0.2) is 47.4 Å². The molecule has 0 saturated carbocycles. The van der Waals surface area contributed by atoms with Gasteiger partial charge in [-0.25, -0.2) is 4.39 Å². The van der Waals surface area contributed by atoms with Crippen LogP contribution in [0.2, 0.25) is 0 Å². The van der Waals surface area contributed by atoms with Crippen LogP contribution in [0.3, 0.4) is 0 Å². The highest BCUT2D eigenvalue weighted by atomic mass is 19.1. The molecule has 0 N–H and O–H groups in total. The first-order chi connectivity index (χ1) is 13.5. The fourth-order valence-corrected chi connectivity index (χ4v) is 4.47. The van der Waals surface area contributed by atoms with E-state index in [0.29, 0.717) is 18.0 Å². The number of rotatable bonds is 4. The maximum Gasteiger partial charge on any atom is 0.254 e. The highest BCUT2D eigenvalue weighted by Gasteiger charge is 2.37. The second-order valence-electron chi connectivity index (χ2n) is 7.91. The number of benzene rings is 1. The molecule has 3 fully saturated rings. The summed E-state index contributed by atoms with van der Waals surface area (Å²) >= 11 is 0. The number of aryl methyl sites for hydroxylation is 1. The van der Waals surface area contributed by atoms with E-state index < -0.39 is 0 Å². The van der Waals surface area contributed by atoms with Crippen molar-refractivity contribution in [2.75, 3.05) is 19.6 Å². The maximum absolute atomic E-state index is 13.2. The number of fused-ring (bicyclic) bond motifs is 4. The van der Waals surface area contributed by atoms with E-state index in [4.69, 9.17) is 0 Å². The van der Waals surface area contributed by atoms with Gasteiger partial charge < -0.3 is 9.47 Å². The van der Waals surface area contributed by atoms with Gasteiger partial charge in [0.1, 0.15) is 5.82 Å². The molecule has 0 spiro atoms. The number of carbonyl (C=O) groups excluding carboxylic acids is 1. The second kappa shape index (κ2) is 7.87. The lowest BCUT2D eigenvalue weighted by Gasteiger charge is -2.36. The van der Waals surface area contributed by atoms with Crippen LogP contribution in [0.1, 0.15) is 35.7 Å². The Morgan fingerprint density at radius 3 is 2.61 bits per heavy atom. The third-order valence-corrected chi connectivity index (χ3v) is 5.95. The summed E-state index contributed by atoms with van der Waals surface area (Å²) in [7, 11) is 0. The van der Waals surface area contributed by atoms with Crippen LogP contribution in [0, 0.1) is 11.7 Å². The molecule has 3 saturated heterocycles. The molecule has 2 aromatic rings. The molecule has 3 aliphatic heterocycles. The first-order valence-corrected chi connectivity index (χ1v) is 10.0. The number of hydrogen-bond acceptors (Lipinski definition) is 3. The Balaban J connectivity index is 1.50. The summed E-state index contributed by atoms with van der Waals surface area (Å²) in [5.74, 6) is 0.166. The highest BCUT2D eigenvalue weighted by Crippen LogP contribution is 2.29. The zero-order valence-electron chi connectivity index (χ0n) is 16.2. The normalized spacial score (nSPS) is 22.3. The molecule has 1 aromatic carbocycles. The lowest BCUT2D eigenvalue weighted by atomic mass is 9.94. The minimum atomic E-state index is -0.221. The van der Waals surface area contributed by atoms with Crippen molar-refractivity contribution in [2.24, 2.45) is 5.92 Å². The zero-order valence-corrected chi connectivity index (χ0v) is 16.2. The molecule has 5 nitrogen and oxygen atoms in total. The van der Waals surface area contributed by atoms with Gasteiger partial charge in [-0.15, -0.1) is 0 Å². The smallest absolute Gasteiger partial charge is 0.254 e. The van der Waals surface area contributed by atoms with E-state index in [2.05, 4.69) is 4.90 Å². The quantitative estimate of drug-likeness (QED) is 0.816. The van der Waals surface area contributed by atoms with Crippen molar-refractivity contribution in [3.8, 4) is 0 Å². The van der Waals surface area contributed by atoms with E-state index in [1.54, 1.807) is 16.8 Å². The number of aromatic nitrogens is 1. The van der Waals surface area contributed by atoms with Crippen LogP contribution < -0.4 is 5.56 Å². The fraction of sp³-hybridized carbons (Fsp3) is 0.455. The van der Waals surface area contributed by atoms with Crippen LogP contribution in [0.4, 0.5) is 4.39 Å². The van der Waals surface area contributed by atoms with Crippen LogP contribution in [0.5, 0.6) is 0 Å². The van der Waals surface area contributed by atoms with Gasteiger partial charge in [-0.1, -0.05) is 12.1 Å². The van der Waals surface area contributed by atoms with Gasteiger partial charge in [-0.2, -0.15) is 0 Å². The van der Waals surface area contributed by atoms with Gasteiger partial charge in [-0.3, -0.25) is 14.5 Å². The minimum Gasteiger partial charge on any atom is -0.334 e. The summed E-state index contributed by atoms with van der Waals surface area (Å²) in [4.78, 5) is 29.6. The minimum absolute atomic E-state index is 0.0429. The maximum atomic E-state index is 13.2. The standard InChI is InChI=1S/C22H26FN3O2/c1-2-25-10-9-18(11-21(25)27)22(28)26-14-17-5-8-20(26)15-24(13-17)12-16-3-6-19(23)7-4-16/h3-4,6-7,9-11,17,20H,2,5,8,12-15H2,1H3/t17-,20+/m0/s1. The van der Waals surface area contributed by atoms with Crippen molar-refractivity contribution in [3.05, 3.63) is 69.9 Å². The molecular formula is C22H26FN3O2. The molecule has 2 atom stereocenters. The van der Waals surface area contributed by atoms with E-state index in [9.17, 15) is 14.0 Å². The van der Waals surface area contributed by atoms with E-state index in [1.807, 2.05) is 24.0 Å². The SMILES string of the molecule is CCn1ccc(C(=O)N2C[C@H]3CC[C@@H]2CN(Cc2ccc(F)cc2)C3)cc1=O. The van der Waals surface area contributed by atoms with Gasteiger partial charge in [0.15, 0.2) is 0 Å². The molecule has 3 aliphatic rings. The number of carbonyl (C=O) groups is 1. The number of nitrogens with zero attached hydrogens (tertiary/aromatic N) is 3. The molecular weight excluding hydrogens is 357 g/mol. The largest absolute Gasteiger partial charge is 0.334 e. The molecule has 1 aromatic heterocycles. The molecule has 4 heterocycles. The molecule has 28 heavy (non-hydrogen) atoms. The lowest BCUT2D eigenvalue weighted by Crippen LogP contribution is -2.47. The van der Waals surface area contributed by atoms with Crippen molar-refractivity contribution in [2.45, 2.75) is 38.9 Å². The van der Waals surface area contributed by atoms with Gasteiger partial charge in [-0.05, 0) is 49.4 Å². The number of pyridine rings is 1. The molecule has 0 aliphatic carbocycles. The van der Waals surface area contributed by atoms with Crippen molar-refractivity contribution < 1.29 is 9.18 Å². The average molecular weight is 383 g/mol. The Hall–Kier alpha value is -2.47. The van der Waals surface area contributed by atoms with E-state index in [-0.39, 0.29) is 23.3 Å². The first kappa shape index (κ1) is 18.9. The van der Waals surface area contributed by atoms with Crippen molar-refractivity contribution in [1.82, 2.24) is 14.4 Å².